The Morgan fingerprint density at radius 1 is 1.32 bits per heavy atom. The lowest BCUT2D eigenvalue weighted by atomic mass is 9.82. The molecular formula is C16H23NO2. The van der Waals surface area contributed by atoms with Crippen LogP contribution in [0.2, 0.25) is 0 Å². The summed E-state index contributed by atoms with van der Waals surface area (Å²) in [5.41, 5.74) is 2.70. The predicted octanol–water partition coefficient (Wildman–Crippen LogP) is 3.25. The molecule has 1 amide bonds. The summed E-state index contributed by atoms with van der Waals surface area (Å²) in [5.74, 6) is 1.03. The molecule has 1 aromatic carbocycles. The van der Waals surface area contributed by atoms with Crippen LogP contribution in [-0.2, 0) is 11.4 Å². The zero-order valence-electron chi connectivity index (χ0n) is 11.8. The molecule has 0 unspecified atom stereocenters. The molecule has 0 atom stereocenters. The Bertz CT molecular complexity index is 448. The van der Waals surface area contributed by atoms with Crippen LogP contribution in [0.4, 0.5) is 5.69 Å². The van der Waals surface area contributed by atoms with Gasteiger partial charge in [0.2, 0.25) is 5.91 Å². The second kappa shape index (κ2) is 6.20. The van der Waals surface area contributed by atoms with Gasteiger partial charge in [0, 0.05) is 11.6 Å². The quantitative estimate of drug-likeness (QED) is 0.877. The first-order chi connectivity index (χ1) is 9.10. The van der Waals surface area contributed by atoms with E-state index in [1.807, 2.05) is 25.1 Å². The number of hydrogen-bond acceptors (Lipinski definition) is 2. The third-order valence-electron chi connectivity index (χ3n) is 4.13. The molecule has 3 heteroatoms. The smallest absolute Gasteiger partial charge is 0.227 e. The van der Waals surface area contributed by atoms with Crippen molar-refractivity contribution in [2.75, 3.05) is 5.32 Å². The highest BCUT2D eigenvalue weighted by molar-refractivity contribution is 5.93. The van der Waals surface area contributed by atoms with Crippen LogP contribution in [-0.4, -0.2) is 11.0 Å². The second-order valence-corrected chi connectivity index (χ2v) is 5.75. The first-order valence-corrected chi connectivity index (χ1v) is 7.11. The van der Waals surface area contributed by atoms with Crippen LogP contribution in [0.15, 0.2) is 18.2 Å². The summed E-state index contributed by atoms with van der Waals surface area (Å²) in [6.07, 6.45) is 4.28. The molecule has 3 nitrogen and oxygen atoms in total. The molecule has 2 rings (SSSR count). The number of rotatable bonds is 3. The van der Waals surface area contributed by atoms with Crippen molar-refractivity contribution in [3.63, 3.8) is 0 Å². The zero-order chi connectivity index (χ0) is 13.8. The first kappa shape index (κ1) is 14.1. The van der Waals surface area contributed by atoms with Gasteiger partial charge >= 0.3 is 0 Å². The molecule has 1 fully saturated rings. The topological polar surface area (TPSA) is 49.3 Å². The fourth-order valence-corrected chi connectivity index (χ4v) is 2.66. The number of aliphatic hydroxyl groups excluding tert-OH is 1. The van der Waals surface area contributed by atoms with Crippen LogP contribution in [0.3, 0.4) is 0 Å². The number of aliphatic hydroxyl groups is 1. The molecule has 0 aliphatic heterocycles. The Kier molecular flexibility index (Phi) is 4.59. The van der Waals surface area contributed by atoms with E-state index in [0.717, 1.165) is 48.4 Å². The fraction of sp³-hybridized carbons (Fsp3) is 0.562. The number of nitrogens with one attached hydrogen (secondary N) is 1. The standard InChI is InChI=1S/C16H23NO2/c1-11-3-7-14(8-4-11)16(19)17-15-9-13(10-18)6-5-12(15)2/h5-6,9,11,14,18H,3-4,7-8,10H2,1-2H3,(H,17,19). The third kappa shape index (κ3) is 3.57. The minimum atomic E-state index is 0.00406. The van der Waals surface area contributed by atoms with E-state index in [4.69, 9.17) is 5.11 Å². The summed E-state index contributed by atoms with van der Waals surface area (Å²) in [5, 5.41) is 12.2. The lowest BCUT2D eigenvalue weighted by Crippen LogP contribution is -2.26. The van der Waals surface area contributed by atoms with Crippen LogP contribution in [0, 0.1) is 18.8 Å². The second-order valence-electron chi connectivity index (χ2n) is 5.75. The summed E-state index contributed by atoms with van der Waals surface area (Å²) >= 11 is 0. The number of carbonyl (C=O) groups is 1. The van der Waals surface area contributed by atoms with E-state index in [2.05, 4.69) is 12.2 Å². The number of aryl methyl sites for hydroxylation is 1. The Morgan fingerprint density at radius 2 is 2.00 bits per heavy atom. The van der Waals surface area contributed by atoms with Gasteiger partial charge in [0.1, 0.15) is 0 Å². The number of benzene rings is 1. The summed E-state index contributed by atoms with van der Waals surface area (Å²) in [7, 11) is 0. The van der Waals surface area contributed by atoms with Gasteiger partial charge in [0.25, 0.3) is 0 Å². The van der Waals surface area contributed by atoms with Crippen molar-refractivity contribution in [3.05, 3.63) is 29.3 Å². The average Bonchev–Trinajstić information content (AvgIpc) is 2.42. The minimum absolute atomic E-state index is 0.00406. The fourth-order valence-electron chi connectivity index (χ4n) is 2.66. The predicted molar refractivity (Wildman–Crippen MR) is 76.9 cm³/mol. The third-order valence-corrected chi connectivity index (χ3v) is 4.13. The van der Waals surface area contributed by atoms with Crippen molar-refractivity contribution in [1.82, 2.24) is 0 Å². The number of amides is 1. The van der Waals surface area contributed by atoms with Crippen LogP contribution >= 0.6 is 0 Å². The van der Waals surface area contributed by atoms with Crippen LogP contribution in [0.25, 0.3) is 0 Å². The van der Waals surface area contributed by atoms with E-state index in [-0.39, 0.29) is 18.4 Å². The van der Waals surface area contributed by atoms with Gasteiger partial charge in [-0.2, -0.15) is 0 Å². The summed E-state index contributed by atoms with van der Waals surface area (Å²) in [6.45, 7) is 4.23. The lowest BCUT2D eigenvalue weighted by molar-refractivity contribution is -0.121. The minimum Gasteiger partial charge on any atom is -0.392 e. The molecule has 0 bridgehead atoms. The van der Waals surface area contributed by atoms with Gasteiger partial charge < -0.3 is 10.4 Å². The van der Waals surface area contributed by atoms with Gasteiger partial charge in [-0.1, -0.05) is 19.1 Å². The molecular weight excluding hydrogens is 238 g/mol. The van der Waals surface area contributed by atoms with Gasteiger partial charge in [-0.3, -0.25) is 4.79 Å². The van der Waals surface area contributed by atoms with Crippen molar-refractivity contribution >= 4 is 11.6 Å². The molecule has 1 saturated carbocycles. The lowest BCUT2D eigenvalue weighted by Gasteiger charge is -2.25. The molecule has 1 aliphatic rings. The largest absolute Gasteiger partial charge is 0.392 e. The summed E-state index contributed by atoms with van der Waals surface area (Å²) in [4.78, 5) is 12.3. The van der Waals surface area contributed by atoms with E-state index in [1.165, 1.54) is 0 Å². The molecule has 104 valence electrons. The van der Waals surface area contributed by atoms with Crippen molar-refractivity contribution < 1.29 is 9.90 Å². The Labute approximate surface area is 115 Å². The highest BCUT2D eigenvalue weighted by atomic mass is 16.3. The monoisotopic (exact) mass is 261 g/mol. The zero-order valence-corrected chi connectivity index (χ0v) is 11.8. The normalized spacial score (nSPS) is 23.1. The molecule has 19 heavy (non-hydrogen) atoms. The number of anilines is 1. The van der Waals surface area contributed by atoms with E-state index >= 15 is 0 Å². The van der Waals surface area contributed by atoms with E-state index in [1.54, 1.807) is 0 Å². The Morgan fingerprint density at radius 3 is 2.63 bits per heavy atom. The van der Waals surface area contributed by atoms with E-state index in [0.29, 0.717) is 0 Å². The maximum absolute atomic E-state index is 12.3. The van der Waals surface area contributed by atoms with Crippen molar-refractivity contribution in [2.45, 2.75) is 46.1 Å². The molecule has 0 aromatic heterocycles. The number of hydrogen-bond donors (Lipinski definition) is 2. The van der Waals surface area contributed by atoms with Gasteiger partial charge in [-0.25, -0.2) is 0 Å². The molecule has 1 aromatic rings. The average molecular weight is 261 g/mol. The van der Waals surface area contributed by atoms with Gasteiger partial charge in [0.05, 0.1) is 6.61 Å². The van der Waals surface area contributed by atoms with Crippen molar-refractivity contribution in [2.24, 2.45) is 11.8 Å². The summed E-state index contributed by atoms with van der Waals surface area (Å²) < 4.78 is 0. The van der Waals surface area contributed by atoms with Crippen LogP contribution < -0.4 is 5.32 Å². The van der Waals surface area contributed by atoms with Crippen molar-refractivity contribution in [1.29, 1.82) is 0 Å². The van der Waals surface area contributed by atoms with Crippen LogP contribution in [0.5, 0.6) is 0 Å². The molecule has 1 aliphatic carbocycles. The van der Waals surface area contributed by atoms with Crippen LogP contribution in [0.1, 0.15) is 43.7 Å². The molecule has 0 spiro atoms. The molecule has 0 saturated heterocycles. The Balaban J connectivity index is 2.02. The first-order valence-electron chi connectivity index (χ1n) is 7.11. The highest BCUT2D eigenvalue weighted by Crippen LogP contribution is 2.29. The molecule has 0 heterocycles. The molecule has 0 radical (unpaired) electrons. The maximum atomic E-state index is 12.3. The maximum Gasteiger partial charge on any atom is 0.227 e. The van der Waals surface area contributed by atoms with Gasteiger partial charge in [-0.15, -0.1) is 0 Å². The van der Waals surface area contributed by atoms with E-state index < -0.39 is 0 Å². The SMILES string of the molecule is Cc1ccc(CO)cc1NC(=O)C1CCC(C)CC1. The van der Waals surface area contributed by atoms with Gasteiger partial charge in [0.15, 0.2) is 0 Å². The van der Waals surface area contributed by atoms with Gasteiger partial charge in [-0.05, 0) is 55.7 Å². The van der Waals surface area contributed by atoms with E-state index in [9.17, 15) is 4.79 Å². The Hall–Kier alpha value is -1.35. The number of carbonyl (C=O) groups excluding carboxylic acids is 1. The summed E-state index contributed by atoms with van der Waals surface area (Å²) in [6, 6.07) is 5.68. The molecule has 2 N–H and O–H groups in total. The highest BCUT2D eigenvalue weighted by Gasteiger charge is 2.24. The van der Waals surface area contributed by atoms with Crippen molar-refractivity contribution in [3.8, 4) is 0 Å².